The monoisotopic (exact) mass is 283 g/mol. The van der Waals surface area contributed by atoms with E-state index in [1.165, 1.54) is 0 Å². The van der Waals surface area contributed by atoms with Crippen LogP contribution in [0.15, 0.2) is 35.1 Å². The standard InChI is InChI=1S/C18H21NO2/c1-4-5-10-19-17(9-8-15(12-20)18(19)21)16-11-13(2)6-7-14(16)3/h6-9,11-12H,4-5,10H2,1-3H3. The van der Waals surface area contributed by atoms with Gasteiger partial charge in [-0.05, 0) is 44.0 Å². The van der Waals surface area contributed by atoms with Crippen molar-refractivity contribution in [1.82, 2.24) is 4.57 Å². The van der Waals surface area contributed by atoms with E-state index in [4.69, 9.17) is 0 Å². The van der Waals surface area contributed by atoms with E-state index in [1.54, 1.807) is 10.6 Å². The molecule has 0 bridgehead atoms. The summed E-state index contributed by atoms with van der Waals surface area (Å²) in [7, 11) is 0. The molecule has 1 aromatic heterocycles. The van der Waals surface area contributed by atoms with Crippen molar-refractivity contribution in [1.29, 1.82) is 0 Å². The lowest BCUT2D eigenvalue weighted by atomic mass is 10.0. The molecule has 0 aliphatic heterocycles. The summed E-state index contributed by atoms with van der Waals surface area (Å²) < 4.78 is 1.73. The zero-order chi connectivity index (χ0) is 15.4. The largest absolute Gasteiger partial charge is 0.308 e. The molecule has 3 heteroatoms. The molecule has 110 valence electrons. The van der Waals surface area contributed by atoms with Crippen molar-refractivity contribution >= 4 is 6.29 Å². The van der Waals surface area contributed by atoms with Gasteiger partial charge >= 0.3 is 0 Å². The van der Waals surface area contributed by atoms with Gasteiger partial charge in [-0.3, -0.25) is 9.59 Å². The molecule has 0 saturated carbocycles. The van der Waals surface area contributed by atoms with Crippen LogP contribution in [0.2, 0.25) is 0 Å². The first-order chi connectivity index (χ1) is 10.1. The number of aryl methyl sites for hydroxylation is 2. The Morgan fingerprint density at radius 2 is 1.90 bits per heavy atom. The predicted octanol–water partition coefficient (Wildman–Crippen LogP) is 3.74. The highest BCUT2D eigenvalue weighted by Crippen LogP contribution is 2.24. The van der Waals surface area contributed by atoms with Crippen LogP contribution in [-0.2, 0) is 6.54 Å². The molecule has 3 nitrogen and oxygen atoms in total. The molecular formula is C18H21NO2. The molecule has 0 fully saturated rings. The fourth-order valence-electron chi connectivity index (χ4n) is 2.47. The molecule has 0 saturated heterocycles. The molecule has 0 radical (unpaired) electrons. The maximum absolute atomic E-state index is 12.4. The van der Waals surface area contributed by atoms with Gasteiger partial charge in [0.2, 0.25) is 0 Å². The fourth-order valence-corrected chi connectivity index (χ4v) is 2.47. The first kappa shape index (κ1) is 15.2. The third-order valence-electron chi connectivity index (χ3n) is 3.73. The molecule has 0 aliphatic rings. The lowest BCUT2D eigenvalue weighted by molar-refractivity contribution is 0.112. The smallest absolute Gasteiger partial charge is 0.261 e. The second kappa shape index (κ2) is 6.53. The first-order valence-electron chi connectivity index (χ1n) is 7.35. The number of rotatable bonds is 5. The molecule has 0 aliphatic carbocycles. The molecule has 1 aromatic carbocycles. The van der Waals surface area contributed by atoms with Crippen LogP contribution in [0.1, 0.15) is 41.3 Å². The number of carbonyl (C=O) groups excluding carboxylic acids is 1. The summed E-state index contributed by atoms with van der Waals surface area (Å²) in [6.07, 6.45) is 2.56. The second-order valence-corrected chi connectivity index (χ2v) is 5.42. The van der Waals surface area contributed by atoms with Crippen LogP contribution in [0.4, 0.5) is 0 Å². The molecule has 0 unspecified atom stereocenters. The number of unbranched alkanes of at least 4 members (excludes halogenated alkanes) is 1. The van der Waals surface area contributed by atoms with E-state index in [9.17, 15) is 9.59 Å². The van der Waals surface area contributed by atoms with Gasteiger partial charge < -0.3 is 4.57 Å². The number of aromatic nitrogens is 1. The number of hydrogen-bond acceptors (Lipinski definition) is 2. The number of aldehydes is 1. The zero-order valence-corrected chi connectivity index (χ0v) is 12.8. The Labute approximate surface area is 125 Å². The zero-order valence-electron chi connectivity index (χ0n) is 12.8. The van der Waals surface area contributed by atoms with Gasteiger partial charge in [-0.15, -0.1) is 0 Å². The van der Waals surface area contributed by atoms with Gasteiger partial charge in [-0.1, -0.05) is 31.0 Å². The molecule has 0 N–H and O–H groups in total. The minimum absolute atomic E-state index is 0.197. The van der Waals surface area contributed by atoms with Crippen molar-refractivity contribution in [2.75, 3.05) is 0 Å². The van der Waals surface area contributed by atoms with Crippen LogP contribution in [0.5, 0.6) is 0 Å². The van der Waals surface area contributed by atoms with Crippen molar-refractivity contribution in [2.24, 2.45) is 0 Å². The number of nitrogens with zero attached hydrogens (tertiary/aromatic N) is 1. The van der Waals surface area contributed by atoms with E-state index in [0.29, 0.717) is 12.8 Å². The Morgan fingerprint density at radius 1 is 1.14 bits per heavy atom. The van der Waals surface area contributed by atoms with E-state index in [-0.39, 0.29) is 11.1 Å². The van der Waals surface area contributed by atoms with Gasteiger partial charge in [0.05, 0.1) is 11.3 Å². The van der Waals surface area contributed by atoms with Gasteiger partial charge in [0.1, 0.15) is 0 Å². The molecule has 2 rings (SSSR count). The van der Waals surface area contributed by atoms with Gasteiger partial charge in [-0.2, -0.15) is 0 Å². The van der Waals surface area contributed by atoms with Crippen LogP contribution < -0.4 is 5.56 Å². The van der Waals surface area contributed by atoms with Crippen molar-refractivity contribution in [3.05, 3.63) is 57.4 Å². The molecule has 2 aromatic rings. The lowest BCUT2D eigenvalue weighted by Crippen LogP contribution is -2.25. The Hall–Kier alpha value is -2.16. The highest BCUT2D eigenvalue weighted by Gasteiger charge is 2.11. The Bertz CT molecular complexity index is 714. The minimum Gasteiger partial charge on any atom is -0.308 e. The number of hydrogen-bond donors (Lipinski definition) is 0. The lowest BCUT2D eigenvalue weighted by Gasteiger charge is -2.15. The highest BCUT2D eigenvalue weighted by atomic mass is 16.1. The van der Waals surface area contributed by atoms with Crippen LogP contribution in [-0.4, -0.2) is 10.9 Å². The Kier molecular flexibility index (Phi) is 4.73. The average molecular weight is 283 g/mol. The minimum atomic E-state index is -0.197. The third kappa shape index (κ3) is 3.13. The SMILES string of the molecule is CCCCn1c(-c2cc(C)ccc2C)ccc(C=O)c1=O. The maximum Gasteiger partial charge on any atom is 0.261 e. The van der Waals surface area contributed by atoms with E-state index in [1.807, 2.05) is 19.9 Å². The van der Waals surface area contributed by atoms with Crippen molar-refractivity contribution < 1.29 is 4.79 Å². The maximum atomic E-state index is 12.4. The molecule has 0 spiro atoms. The molecule has 0 amide bonds. The van der Waals surface area contributed by atoms with Gasteiger partial charge in [-0.25, -0.2) is 0 Å². The van der Waals surface area contributed by atoms with Crippen LogP contribution in [0, 0.1) is 13.8 Å². The van der Waals surface area contributed by atoms with E-state index >= 15 is 0 Å². The summed E-state index contributed by atoms with van der Waals surface area (Å²) in [6, 6.07) is 9.71. The molecule has 0 atom stereocenters. The summed E-state index contributed by atoms with van der Waals surface area (Å²) in [4.78, 5) is 23.4. The van der Waals surface area contributed by atoms with E-state index in [2.05, 4.69) is 25.1 Å². The number of pyridine rings is 1. The quantitative estimate of drug-likeness (QED) is 0.784. The van der Waals surface area contributed by atoms with Gasteiger partial charge in [0.15, 0.2) is 6.29 Å². The van der Waals surface area contributed by atoms with Crippen LogP contribution >= 0.6 is 0 Å². The summed E-state index contributed by atoms with van der Waals surface area (Å²) in [5, 5.41) is 0. The number of benzene rings is 1. The first-order valence-corrected chi connectivity index (χ1v) is 7.35. The average Bonchev–Trinajstić information content (AvgIpc) is 2.48. The summed E-state index contributed by atoms with van der Waals surface area (Å²) >= 11 is 0. The second-order valence-electron chi connectivity index (χ2n) is 5.42. The van der Waals surface area contributed by atoms with E-state index < -0.39 is 0 Å². The van der Waals surface area contributed by atoms with Crippen LogP contribution in [0.3, 0.4) is 0 Å². The fraction of sp³-hybridized carbons (Fsp3) is 0.333. The molecule has 21 heavy (non-hydrogen) atoms. The topological polar surface area (TPSA) is 39.1 Å². The van der Waals surface area contributed by atoms with Crippen LogP contribution in [0.25, 0.3) is 11.3 Å². The predicted molar refractivity (Wildman–Crippen MR) is 85.9 cm³/mol. The highest BCUT2D eigenvalue weighted by molar-refractivity contribution is 5.76. The van der Waals surface area contributed by atoms with Gasteiger partial charge in [0.25, 0.3) is 5.56 Å². The van der Waals surface area contributed by atoms with Gasteiger partial charge in [0, 0.05) is 12.1 Å². The summed E-state index contributed by atoms with van der Waals surface area (Å²) in [5.74, 6) is 0. The van der Waals surface area contributed by atoms with E-state index in [0.717, 1.165) is 35.2 Å². The summed E-state index contributed by atoms with van der Waals surface area (Å²) in [5.41, 5.74) is 4.26. The molecule has 1 heterocycles. The Morgan fingerprint density at radius 3 is 2.57 bits per heavy atom. The third-order valence-corrected chi connectivity index (χ3v) is 3.73. The molecular weight excluding hydrogens is 262 g/mol. The Balaban J connectivity index is 2.67. The normalized spacial score (nSPS) is 10.6. The van der Waals surface area contributed by atoms with Crippen molar-refractivity contribution in [3.63, 3.8) is 0 Å². The summed E-state index contributed by atoms with van der Waals surface area (Å²) in [6.45, 7) is 6.81. The van der Waals surface area contributed by atoms with Crippen molar-refractivity contribution in [3.8, 4) is 11.3 Å². The number of carbonyl (C=O) groups is 1. The van der Waals surface area contributed by atoms with Crippen molar-refractivity contribution in [2.45, 2.75) is 40.2 Å².